The third kappa shape index (κ3) is 2.99. The highest BCUT2D eigenvalue weighted by atomic mass is 16.7. The van der Waals surface area contributed by atoms with E-state index in [1.165, 1.54) is 30.4 Å². The minimum atomic E-state index is 0.310. The first-order valence-corrected chi connectivity index (χ1v) is 6.33. The lowest BCUT2D eigenvalue weighted by Crippen LogP contribution is -2.24. The van der Waals surface area contributed by atoms with E-state index in [1.54, 1.807) is 7.11 Å². The molecule has 0 aromatic heterocycles. The van der Waals surface area contributed by atoms with Crippen molar-refractivity contribution in [3.8, 4) is 5.75 Å². The number of ether oxygens (including phenoxy) is 2. The molecular formula is C14H21NO2. The fourth-order valence-corrected chi connectivity index (χ4v) is 2.45. The van der Waals surface area contributed by atoms with E-state index in [0.29, 0.717) is 12.8 Å². The average Bonchev–Trinajstić information content (AvgIpc) is 2.37. The minimum absolute atomic E-state index is 0.310. The van der Waals surface area contributed by atoms with Crippen LogP contribution in [0.25, 0.3) is 0 Å². The normalized spacial score (nSPS) is 18.8. The van der Waals surface area contributed by atoms with Crippen molar-refractivity contribution in [2.75, 3.05) is 20.4 Å². The summed E-state index contributed by atoms with van der Waals surface area (Å²) in [5.74, 6) is 0.899. The molecule has 0 bridgehead atoms. The molecule has 0 heterocycles. The fraction of sp³-hybridized carbons (Fsp3) is 0.571. The largest absolute Gasteiger partial charge is 0.468 e. The van der Waals surface area contributed by atoms with Gasteiger partial charge in [-0.1, -0.05) is 13.0 Å². The minimum Gasteiger partial charge on any atom is -0.468 e. The molecule has 0 radical (unpaired) electrons. The highest BCUT2D eigenvalue weighted by Gasteiger charge is 2.19. The highest BCUT2D eigenvalue weighted by molar-refractivity contribution is 5.39. The topological polar surface area (TPSA) is 30.5 Å². The van der Waals surface area contributed by atoms with Crippen LogP contribution in [0.4, 0.5) is 0 Å². The molecule has 0 amide bonds. The van der Waals surface area contributed by atoms with Crippen LogP contribution in [-0.4, -0.2) is 20.4 Å². The third-order valence-electron chi connectivity index (χ3n) is 3.23. The molecule has 3 nitrogen and oxygen atoms in total. The Morgan fingerprint density at radius 2 is 2.29 bits per heavy atom. The molecule has 1 N–H and O–H groups in total. The molecular weight excluding hydrogens is 214 g/mol. The quantitative estimate of drug-likeness (QED) is 0.796. The van der Waals surface area contributed by atoms with E-state index in [0.717, 1.165) is 12.3 Å². The molecule has 0 saturated carbocycles. The van der Waals surface area contributed by atoms with E-state index in [4.69, 9.17) is 9.47 Å². The first kappa shape index (κ1) is 12.4. The van der Waals surface area contributed by atoms with E-state index in [-0.39, 0.29) is 0 Å². The predicted molar refractivity (Wildman–Crippen MR) is 68.3 cm³/mol. The summed E-state index contributed by atoms with van der Waals surface area (Å²) in [6, 6.07) is 6.85. The number of hydrogen-bond acceptors (Lipinski definition) is 3. The van der Waals surface area contributed by atoms with Gasteiger partial charge in [-0.15, -0.1) is 0 Å². The summed E-state index contributed by atoms with van der Waals surface area (Å²) in [4.78, 5) is 0. The lowest BCUT2D eigenvalue weighted by atomic mass is 9.87. The van der Waals surface area contributed by atoms with Crippen LogP contribution in [0.3, 0.4) is 0 Å². The van der Waals surface area contributed by atoms with Crippen LogP contribution < -0.4 is 10.1 Å². The molecule has 1 unspecified atom stereocenters. The van der Waals surface area contributed by atoms with Crippen molar-refractivity contribution in [1.82, 2.24) is 5.32 Å². The van der Waals surface area contributed by atoms with Gasteiger partial charge < -0.3 is 14.8 Å². The van der Waals surface area contributed by atoms with Gasteiger partial charge in [0.1, 0.15) is 5.75 Å². The maximum Gasteiger partial charge on any atom is 0.188 e. The van der Waals surface area contributed by atoms with E-state index in [2.05, 4.69) is 24.4 Å². The number of methoxy groups -OCH3 is 1. The number of hydrogen-bond donors (Lipinski definition) is 1. The van der Waals surface area contributed by atoms with Gasteiger partial charge in [-0.25, -0.2) is 0 Å². The van der Waals surface area contributed by atoms with Crippen molar-refractivity contribution in [3.05, 3.63) is 29.3 Å². The van der Waals surface area contributed by atoms with E-state index in [1.807, 2.05) is 6.07 Å². The molecule has 94 valence electrons. The SMILES string of the molecule is CCNC1CCCc2ccc(OCOC)cc21. The molecule has 0 aliphatic heterocycles. The maximum atomic E-state index is 5.50. The second-order valence-corrected chi connectivity index (χ2v) is 4.41. The van der Waals surface area contributed by atoms with Gasteiger partial charge in [0.05, 0.1) is 0 Å². The van der Waals surface area contributed by atoms with Gasteiger partial charge in [-0.2, -0.15) is 0 Å². The summed E-state index contributed by atoms with van der Waals surface area (Å²) < 4.78 is 10.4. The van der Waals surface area contributed by atoms with Crippen molar-refractivity contribution in [2.45, 2.75) is 32.2 Å². The standard InChI is InChI=1S/C14H21NO2/c1-3-15-14-6-4-5-11-7-8-12(9-13(11)14)17-10-16-2/h7-9,14-15H,3-6,10H2,1-2H3. The van der Waals surface area contributed by atoms with Gasteiger partial charge in [-0.3, -0.25) is 0 Å². The predicted octanol–water partition coefficient (Wildman–Crippen LogP) is 2.66. The van der Waals surface area contributed by atoms with Gasteiger partial charge in [0.25, 0.3) is 0 Å². The van der Waals surface area contributed by atoms with Gasteiger partial charge >= 0.3 is 0 Å². The van der Waals surface area contributed by atoms with E-state index in [9.17, 15) is 0 Å². The zero-order valence-electron chi connectivity index (χ0n) is 10.7. The Morgan fingerprint density at radius 1 is 1.41 bits per heavy atom. The highest BCUT2D eigenvalue weighted by Crippen LogP contribution is 2.32. The molecule has 0 fully saturated rings. The number of fused-ring (bicyclic) bond motifs is 1. The first-order chi connectivity index (χ1) is 8.35. The molecule has 17 heavy (non-hydrogen) atoms. The van der Waals surface area contributed by atoms with Crippen molar-refractivity contribution in [1.29, 1.82) is 0 Å². The van der Waals surface area contributed by atoms with Gasteiger partial charge in [0.15, 0.2) is 6.79 Å². The van der Waals surface area contributed by atoms with Gasteiger partial charge in [-0.05, 0) is 49.1 Å². The summed E-state index contributed by atoms with van der Waals surface area (Å²) >= 11 is 0. The van der Waals surface area contributed by atoms with E-state index < -0.39 is 0 Å². The Kier molecular flexibility index (Phi) is 4.40. The monoisotopic (exact) mass is 235 g/mol. The van der Waals surface area contributed by atoms with Crippen molar-refractivity contribution in [3.63, 3.8) is 0 Å². The Morgan fingerprint density at radius 3 is 3.06 bits per heavy atom. The number of benzene rings is 1. The fourth-order valence-electron chi connectivity index (χ4n) is 2.45. The lowest BCUT2D eigenvalue weighted by Gasteiger charge is -2.26. The van der Waals surface area contributed by atoms with Crippen LogP contribution in [0.1, 0.15) is 36.9 Å². The maximum absolute atomic E-state index is 5.50. The molecule has 3 heteroatoms. The zero-order chi connectivity index (χ0) is 12.1. The number of rotatable bonds is 5. The van der Waals surface area contributed by atoms with Crippen LogP contribution in [0.2, 0.25) is 0 Å². The lowest BCUT2D eigenvalue weighted by molar-refractivity contribution is 0.0510. The molecule has 1 atom stereocenters. The Hall–Kier alpha value is -1.06. The first-order valence-electron chi connectivity index (χ1n) is 6.33. The van der Waals surface area contributed by atoms with Crippen LogP contribution in [0, 0.1) is 0 Å². The summed E-state index contributed by atoms with van der Waals surface area (Å²) in [5, 5.41) is 3.54. The number of aryl methyl sites for hydroxylation is 1. The summed E-state index contributed by atoms with van der Waals surface area (Å²) in [6.07, 6.45) is 3.67. The van der Waals surface area contributed by atoms with E-state index >= 15 is 0 Å². The third-order valence-corrected chi connectivity index (χ3v) is 3.23. The average molecular weight is 235 g/mol. The molecule has 1 aromatic rings. The summed E-state index contributed by atoms with van der Waals surface area (Å²) in [7, 11) is 1.64. The van der Waals surface area contributed by atoms with Crippen LogP contribution in [-0.2, 0) is 11.2 Å². The second kappa shape index (κ2) is 6.03. The van der Waals surface area contributed by atoms with Gasteiger partial charge in [0.2, 0.25) is 0 Å². The van der Waals surface area contributed by atoms with Crippen LogP contribution in [0.5, 0.6) is 5.75 Å². The molecule has 1 aliphatic rings. The molecule has 0 spiro atoms. The summed E-state index contributed by atoms with van der Waals surface area (Å²) in [5.41, 5.74) is 2.85. The zero-order valence-corrected chi connectivity index (χ0v) is 10.7. The van der Waals surface area contributed by atoms with Crippen LogP contribution in [0.15, 0.2) is 18.2 Å². The Bertz CT molecular complexity index is 365. The Labute approximate surface area is 103 Å². The molecule has 1 aromatic carbocycles. The van der Waals surface area contributed by atoms with Crippen molar-refractivity contribution in [2.24, 2.45) is 0 Å². The number of nitrogens with one attached hydrogen (secondary N) is 1. The van der Waals surface area contributed by atoms with Crippen molar-refractivity contribution < 1.29 is 9.47 Å². The second-order valence-electron chi connectivity index (χ2n) is 4.41. The van der Waals surface area contributed by atoms with Crippen LogP contribution >= 0.6 is 0 Å². The van der Waals surface area contributed by atoms with Gasteiger partial charge in [0, 0.05) is 13.2 Å². The molecule has 2 rings (SSSR count). The molecule has 0 saturated heterocycles. The van der Waals surface area contributed by atoms with Crippen molar-refractivity contribution >= 4 is 0 Å². The Balaban J connectivity index is 2.18. The molecule has 1 aliphatic carbocycles. The smallest absolute Gasteiger partial charge is 0.188 e. The summed E-state index contributed by atoms with van der Waals surface area (Å²) in [6.45, 7) is 3.47.